The quantitative estimate of drug-likeness (QED) is 0.696. The zero-order chi connectivity index (χ0) is 11.7. The van der Waals surface area contributed by atoms with Crippen molar-refractivity contribution < 1.29 is 5.11 Å². The Labute approximate surface area is 94.1 Å². The molecule has 0 bridgehead atoms. The lowest BCUT2D eigenvalue weighted by Gasteiger charge is -2.28. The molecule has 0 aliphatic carbocycles. The van der Waals surface area contributed by atoms with E-state index in [0.29, 0.717) is 11.4 Å². The topological polar surface area (TPSA) is 67.2 Å². The molecule has 5 nitrogen and oxygen atoms in total. The van der Waals surface area contributed by atoms with Crippen LogP contribution >= 0.6 is 0 Å². The van der Waals surface area contributed by atoms with Crippen LogP contribution in [0.4, 0.5) is 0 Å². The van der Waals surface area contributed by atoms with Gasteiger partial charge in [0.2, 0.25) is 0 Å². The van der Waals surface area contributed by atoms with Gasteiger partial charge in [0.05, 0.1) is 17.7 Å². The highest BCUT2D eigenvalue weighted by molar-refractivity contribution is 5.15. The van der Waals surface area contributed by atoms with Crippen molar-refractivity contribution in [1.29, 1.82) is 0 Å². The zero-order valence-electron chi connectivity index (χ0n) is 9.60. The summed E-state index contributed by atoms with van der Waals surface area (Å²) < 4.78 is 1.51. The third-order valence-corrected chi connectivity index (χ3v) is 3.19. The minimum absolute atomic E-state index is 0.0778. The molecule has 2 rings (SSSR count). The second kappa shape index (κ2) is 4.35. The minimum atomic E-state index is -0.494. The molecule has 2 unspecified atom stereocenters. The van der Waals surface area contributed by atoms with Gasteiger partial charge < -0.3 is 10.4 Å². The first-order valence-electron chi connectivity index (χ1n) is 5.55. The lowest BCUT2D eigenvalue weighted by Crippen LogP contribution is -2.41. The number of nitrogens with one attached hydrogen (secondary N) is 1. The van der Waals surface area contributed by atoms with Crippen LogP contribution in [-0.2, 0) is 7.05 Å². The van der Waals surface area contributed by atoms with Gasteiger partial charge in [0.1, 0.15) is 5.82 Å². The Bertz CT molecular complexity index is 441. The number of aromatic nitrogens is 2. The van der Waals surface area contributed by atoms with Crippen molar-refractivity contribution in [1.82, 2.24) is 14.9 Å². The highest BCUT2D eigenvalue weighted by Gasteiger charge is 2.26. The van der Waals surface area contributed by atoms with Crippen molar-refractivity contribution in [2.45, 2.75) is 31.9 Å². The third-order valence-electron chi connectivity index (χ3n) is 3.19. The number of hydrogen-bond acceptors (Lipinski definition) is 4. The molecule has 0 amide bonds. The molecule has 2 atom stereocenters. The van der Waals surface area contributed by atoms with Crippen molar-refractivity contribution >= 4 is 0 Å². The molecule has 1 fully saturated rings. The van der Waals surface area contributed by atoms with Gasteiger partial charge in [-0.2, -0.15) is 0 Å². The van der Waals surface area contributed by atoms with Gasteiger partial charge in [0.25, 0.3) is 5.56 Å². The fraction of sp³-hybridized carbons (Fsp3) is 0.636. The van der Waals surface area contributed by atoms with Crippen LogP contribution in [0.2, 0.25) is 0 Å². The molecule has 0 saturated carbocycles. The van der Waals surface area contributed by atoms with Crippen molar-refractivity contribution in [3.63, 3.8) is 0 Å². The van der Waals surface area contributed by atoms with E-state index in [1.54, 1.807) is 20.2 Å². The average Bonchev–Trinajstić information content (AvgIpc) is 2.28. The van der Waals surface area contributed by atoms with E-state index in [1.165, 1.54) is 4.57 Å². The molecular formula is C11H17N3O2. The monoisotopic (exact) mass is 223 g/mol. The second-order valence-corrected chi connectivity index (χ2v) is 4.27. The molecule has 0 spiro atoms. The zero-order valence-corrected chi connectivity index (χ0v) is 9.60. The van der Waals surface area contributed by atoms with Crippen LogP contribution in [0.15, 0.2) is 11.0 Å². The maximum Gasteiger partial charge on any atom is 0.258 e. The summed E-state index contributed by atoms with van der Waals surface area (Å²) in [6.45, 7) is 2.62. The molecule has 1 aliphatic heterocycles. The van der Waals surface area contributed by atoms with Gasteiger partial charge in [-0.3, -0.25) is 9.36 Å². The van der Waals surface area contributed by atoms with E-state index >= 15 is 0 Å². The number of hydrogen-bond donors (Lipinski definition) is 2. The first-order valence-corrected chi connectivity index (χ1v) is 5.55. The smallest absolute Gasteiger partial charge is 0.258 e. The summed E-state index contributed by atoms with van der Waals surface area (Å²) in [7, 11) is 1.70. The average molecular weight is 223 g/mol. The van der Waals surface area contributed by atoms with E-state index in [-0.39, 0.29) is 11.6 Å². The van der Waals surface area contributed by atoms with Crippen molar-refractivity contribution in [3.05, 3.63) is 27.9 Å². The summed E-state index contributed by atoms with van der Waals surface area (Å²) in [5.41, 5.74) is 0.478. The Morgan fingerprint density at radius 2 is 2.38 bits per heavy atom. The van der Waals surface area contributed by atoms with Crippen molar-refractivity contribution in [2.75, 3.05) is 6.54 Å². The van der Waals surface area contributed by atoms with Crippen molar-refractivity contribution in [3.8, 4) is 0 Å². The number of rotatable bonds is 1. The Balaban J connectivity index is 2.40. The van der Waals surface area contributed by atoms with E-state index in [2.05, 4.69) is 10.3 Å². The Morgan fingerprint density at radius 3 is 3.06 bits per heavy atom. The normalized spacial score (nSPS) is 25.7. The standard InChI is InChI=1S/C11H17N3O2/c1-7-13-6-8(11(16)14(7)2)10-9(15)4-3-5-12-10/h6,9-10,12,15H,3-5H2,1-2H3. The Morgan fingerprint density at radius 1 is 1.62 bits per heavy atom. The molecule has 1 aromatic heterocycles. The van der Waals surface area contributed by atoms with Crippen LogP contribution in [0.3, 0.4) is 0 Å². The molecule has 1 aromatic rings. The predicted octanol–water partition coefficient (Wildman–Crippen LogP) is -0.126. The fourth-order valence-corrected chi connectivity index (χ4v) is 2.05. The predicted molar refractivity (Wildman–Crippen MR) is 60.2 cm³/mol. The van der Waals surface area contributed by atoms with E-state index in [0.717, 1.165) is 19.4 Å². The van der Waals surface area contributed by atoms with Gasteiger partial charge in [0.15, 0.2) is 0 Å². The van der Waals surface area contributed by atoms with Crippen molar-refractivity contribution in [2.24, 2.45) is 7.05 Å². The van der Waals surface area contributed by atoms with Crippen LogP contribution in [-0.4, -0.2) is 27.3 Å². The van der Waals surface area contributed by atoms with Crippen LogP contribution < -0.4 is 10.9 Å². The van der Waals surface area contributed by atoms with Crippen LogP contribution in [0.25, 0.3) is 0 Å². The third kappa shape index (κ3) is 1.88. The molecule has 1 aliphatic rings. The van der Waals surface area contributed by atoms with Crippen LogP contribution in [0.1, 0.15) is 30.3 Å². The maximum atomic E-state index is 12.0. The van der Waals surface area contributed by atoms with E-state index in [4.69, 9.17) is 0 Å². The Kier molecular flexibility index (Phi) is 3.07. The van der Waals surface area contributed by atoms with Gasteiger partial charge in [-0.1, -0.05) is 0 Å². The summed E-state index contributed by atoms with van der Waals surface area (Å²) in [5.74, 6) is 0.680. The number of aliphatic hydroxyl groups is 1. The lowest BCUT2D eigenvalue weighted by atomic mass is 9.96. The molecule has 88 valence electrons. The second-order valence-electron chi connectivity index (χ2n) is 4.27. The highest BCUT2D eigenvalue weighted by Crippen LogP contribution is 2.20. The first kappa shape index (κ1) is 11.3. The van der Waals surface area contributed by atoms with Gasteiger partial charge in [-0.05, 0) is 26.3 Å². The summed E-state index contributed by atoms with van der Waals surface area (Å²) in [5, 5.41) is 13.0. The SMILES string of the molecule is Cc1ncc(C2NCCCC2O)c(=O)n1C. The number of aliphatic hydroxyl groups excluding tert-OH is 1. The maximum absolute atomic E-state index is 12.0. The molecular weight excluding hydrogens is 206 g/mol. The fourth-order valence-electron chi connectivity index (χ4n) is 2.05. The summed E-state index contributed by atoms with van der Waals surface area (Å²) in [6.07, 6.45) is 2.75. The number of aryl methyl sites for hydroxylation is 1. The molecule has 0 aromatic carbocycles. The van der Waals surface area contributed by atoms with E-state index < -0.39 is 6.10 Å². The van der Waals surface area contributed by atoms with Crippen LogP contribution in [0.5, 0.6) is 0 Å². The summed E-state index contributed by atoms with van der Waals surface area (Å²) in [6, 6.07) is -0.277. The largest absolute Gasteiger partial charge is 0.391 e. The first-order chi connectivity index (χ1) is 7.61. The van der Waals surface area contributed by atoms with Gasteiger partial charge in [-0.15, -0.1) is 0 Å². The van der Waals surface area contributed by atoms with E-state index in [9.17, 15) is 9.90 Å². The van der Waals surface area contributed by atoms with Gasteiger partial charge in [0, 0.05) is 13.2 Å². The molecule has 16 heavy (non-hydrogen) atoms. The molecule has 2 N–H and O–H groups in total. The summed E-state index contributed by atoms with van der Waals surface area (Å²) in [4.78, 5) is 16.2. The molecule has 1 saturated heterocycles. The number of piperidine rings is 1. The lowest BCUT2D eigenvalue weighted by molar-refractivity contribution is 0.0955. The summed E-state index contributed by atoms with van der Waals surface area (Å²) >= 11 is 0. The van der Waals surface area contributed by atoms with Gasteiger partial charge in [-0.25, -0.2) is 4.98 Å². The molecule has 5 heteroatoms. The Hall–Kier alpha value is -1.20. The van der Waals surface area contributed by atoms with Gasteiger partial charge >= 0.3 is 0 Å². The van der Waals surface area contributed by atoms with E-state index in [1.807, 2.05) is 0 Å². The molecule has 2 heterocycles. The molecule has 0 radical (unpaired) electrons. The highest BCUT2D eigenvalue weighted by atomic mass is 16.3. The van der Waals surface area contributed by atoms with Crippen LogP contribution in [0, 0.1) is 6.92 Å². The number of nitrogens with zero attached hydrogens (tertiary/aromatic N) is 2. The minimum Gasteiger partial charge on any atom is -0.391 e.